The molecule has 1 unspecified atom stereocenters. The van der Waals surface area contributed by atoms with Crippen LogP contribution in [0.1, 0.15) is 11.6 Å². The zero-order valence-electron chi connectivity index (χ0n) is 12.2. The van der Waals surface area contributed by atoms with Crippen LogP contribution in [0.5, 0.6) is 5.75 Å². The fraction of sp³-hybridized carbons (Fsp3) is 0.385. The predicted octanol–water partition coefficient (Wildman–Crippen LogP) is -0.341. The molecule has 2 aromatic heterocycles. The lowest BCUT2D eigenvalue weighted by Gasteiger charge is -2.22. The highest BCUT2D eigenvalue weighted by Gasteiger charge is 2.32. The quantitative estimate of drug-likeness (QED) is 0.685. The Balaban J connectivity index is 1.92. The van der Waals surface area contributed by atoms with Crippen molar-refractivity contribution in [2.24, 2.45) is 0 Å². The Bertz CT molecular complexity index is 794. The molecule has 0 radical (unpaired) electrons. The highest BCUT2D eigenvalue weighted by Crippen LogP contribution is 2.25. The number of aromatic nitrogens is 3. The zero-order valence-corrected chi connectivity index (χ0v) is 12.2. The van der Waals surface area contributed by atoms with E-state index in [9.17, 15) is 18.4 Å². The first-order chi connectivity index (χ1) is 11.4. The third-order valence-electron chi connectivity index (χ3n) is 3.39. The third kappa shape index (κ3) is 3.11. The molecule has 1 aliphatic rings. The number of nitrogens with one attached hydrogen (secondary N) is 2. The van der Waals surface area contributed by atoms with Crippen molar-refractivity contribution in [3.8, 4) is 5.75 Å². The molecule has 9 nitrogen and oxygen atoms in total. The molecule has 128 valence electrons. The molecule has 0 saturated carbocycles. The van der Waals surface area contributed by atoms with E-state index in [1.165, 1.54) is 23.0 Å². The molecule has 3 amide bonds. The average Bonchev–Trinajstić information content (AvgIpc) is 3.01. The van der Waals surface area contributed by atoms with Gasteiger partial charge in [-0.15, -0.1) is 0 Å². The minimum Gasteiger partial charge on any atom is -0.483 e. The van der Waals surface area contributed by atoms with E-state index >= 15 is 0 Å². The van der Waals surface area contributed by atoms with Crippen LogP contribution in [-0.4, -0.2) is 57.3 Å². The fourth-order valence-electron chi connectivity index (χ4n) is 2.18. The van der Waals surface area contributed by atoms with Crippen molar-refractivity contribution in [1.29, 1.82) is 0 Å². The lowest BCUT2D eigenvalue weighted by Crippen LogP contribution is -2.51. The van der Waals surface area contributed by atoms with Gasteiger partial charge >= 0.3 is 12.0 Å². The summed E-state index contributed by atoms with van der Waals surface area (Å²) < 4.78 is 32.7. The number of amides is 3. The number of ether oxygens (including phenoxy) is 1. The number of hydrogen-bond donors (Lipinski definition) is 3. The van der Waals surface area contributed by atoms with E-state index < -0.39 is 37.0 Å². The molecule has 1 saturated heterocycles. The molecule has 0 aromatic carbocycles. The van der Waals surface area contributed by atoms with Gasteiger partial charge in [-0.25, -0.2) is 23.1 Å². The maximum atomic E-state index is 13.2. The summed E-state index contributed by atoms with van der Waals surface area (Å²) in [4.78, 5) is 27.0. The highest BCUT2D eigenvalue weighted by atomic mass is 19.3. The Morgan fingerprint density at radius 3 is 2.96 bits per heavy atom. The molecule has 0 spiro atoms. The molecule has 1 fully saturated rings. The molecular weight excluding hydrogens is 328 g/mol. The van der Waals surface area contributed by atoms with Crippen molar-refractivity contribution in [2.75, 3.05) is 19.8 Å². The number of aliphatic hydroxyl groups is 1. The Kier molecular flexibility index (Phi) is 4.01. The summed E-state index contributed by atoms with van der Waals surface area (Å²) >= 11 is 0. The minimum absolute atomic E-state index is 0.0113. The number of imidazole rings is 1. The lowest BCUT2D eigenvalue weighted by molar-refractivity contribution is -0.122. The van der Waals surface area contributed by atoms with E-state index in [4.69, 9.17) is 9.84 Å². The Morgan fingerprint density at radius 2 is 2.25 bits per heavy atom. The van der Waals surface area contributed by atoms with Crippen LogP contribution in [0.15, 0.2) is 18.5 Å². The van der Waals surface area contributed by atoms with E-state index in [-0.39, 0.29) is 23.6 Å². The van der Waals surface area contributed by atoms with Gasteiger partial charge in [-0.1, -0.05) is 0 Å². The smallest absolute Gasteiger partial charge is 0.321 e. The van der Waals surface area contributed by atoms with Crippen molar-refractivity contribution >= 4 is 17.6 Å². The topological polar surface area (TPSA) is 118 Å². The summed E-state index contributed by atoms with van der Waals surface area (Å²) in [5, 5.41) is 17.4. The van der Waals surface area contributed by atoms with Crippen LogP contribution < -0.4 is 15.4 Å². The second-order valence-corrected chi connectivity index (χ2v) is 5.18. The van der Waals surface area contributed by atoms with Gasteiger partial charge in [-0.3, -0.25) is 10.1 Å². The van der Waals surface area contributed by atoms with Crippen LogP contribution in [-0.2, 0) is 4.79 Å². The monoisotopic (exact) mass is 341 g/mol. The summed E-state index contributed by atoms with van der Waals surface area (Å²) in [5.41, 5.74) is 0.410. The molecule has 1 atom stereocenters. The first-order valence-electron chi connectivity index (χ1n) is 6.94. The van der Waals surface area contributed by atoms with Crippen LogP contribution in [0.2, 0.25) is 0 Å². The maximum absolute atomic E-state index is 13.2. The number of urea groups is 1. The van der Waals surface area contributed by atoms with Gasteiger partial charge in [0.05, 0.1) is 11.6 Å². The van der Waals surface area contributed by atoms with Crippen LogP contribution in [0, 0.1) is 0 Å². The van der Waals surface area contributed by atoms with Crippen LogP contribution in [0.4, 0.5) is 13.6 Å². The Labute approximate surface area is 133 Å². The predicted molar refractivity (Wildman–Crippen MR) is 74.8 cm³/mol. The standard InChI is InChI=1S/C13H13F2N5O4/c14-13(15,5-21)6-24-9-3-8(19-20-2-1-16-10(9)20)7-4-17-12(23)18-11(7)22/h1-3,7,21H,4-6H2,(H2,17,18,22,23). The van der Waals surface area contributed by atoms with Gasteiger partial charge in [-0.2, -0.15) is 5.10 Å². The minimum atomic E-state index is -3.41. The molecular formula is C13H13F2N5O4. The van der Waals surface area contributed by atoms with Crippen molar-refractivity contribution in [2.45, 2.75) is 11.8 Å². The number of rotatable bonds is 5. The number of hydrogen-bond acceptors (Lipinski definition) is 6. The fourth-order valence-corrected chi connectivity index (χ4v) is 2.18. The van der Waals surface area contributed by atoms with Crippen LogP contribution in [0.25, 0.3) is 5.65 Å². The van der Waals surface area contributed by atoms with Gasteiger partial charge in [0.25, 0.3) is 0 Å². The Hall–Kier alpha value is -2.82. The summed E-state index contributed by atoms with van der Waals surface area (Å²) in [7, 11) is 0. The van der Waals surface area contributed by atoms with Gasteiger partial charge < -0.3 is 15.2 Å². The lowest BCUT2D eigenvalue weighted by atomic mass is 10.0. The Morgan fingerprint density at radius 1 is 1.46 bits per heavy atom. The molecule has 0 bridgehead atoms. The SMILES string of the molecule is O=C1NCC(c2cc(OCC(F)(F)CO)c3nccn3n2)C(=O)N1. The summed E-state index contributed by atoms with van der Waals surface area (Å²) in [5.74, 6) is -4.78. The largest absolute Gasteiger partial charge is 0.483 e. The zero-order chi connectivity index (χ0) is 17.3. The first-order valence-corrected chi connectivity index (χ1v) is 6.94. The van der Waals surface area contributed by atoms with Crippen molar-refractivity contribution in [3.63, 3.8) is 0 Å². The maximum Gasteiger partial charge on any atom is 0.321 e. The molecule has 3 heterocycles. The van der Waals surface area contributed by atoms with E-state index in [0.717, 1.165) is 0 Å². The molecule has 3 N–H and O–H groups in total. The molecule has 2 aromatic rings. The van der Waals surface area contributed by atoms with Gasteiger partial charge in [0.15, 0.2) is 18.0 Å². The summed E-state index contributed by atoms with van der Waals surface area (Å²) in [6, 6.07) is 0.705. The van der Waals surface area contributed by atoms with Crippen molar-refractivity contribution in [1.82, 2.24) is 25.2 Å². The number of fused-ring (bicyclic) bond motifs is 1. The highest BCUT2D eigenvalue weighted by molar-refractivity contribution is 6.00. The number of carbonyl (C=O) groups is 2. The second kappa shape index (κ2) is 6.00. The molecule has 0 aliphatic carbocycles. The van der Waals surface area contributed by atoms with Crippen LogP contribution >= 0.6 is 0 Å². The normalized spacial score (nSPS) is 18.4. The molecule has 1 aliphatic heterocycles. The van der Waals surface area contributed by atoms with Gasteiger partial charge in [-0.05, 0) is 0 Å². The first kappa shape index (κ1) is 16.1. The molecule has 24 heavy (non-hydrogen) atoms. The van der Waals surface area contributed by atoms with E-state index in [2.05, 4.69) is 20.7 Å². The summed E-state index contributed by atoms with van der Waals surface area (Å²) in [6.07, 6.45) is 2.86. The van der Waals surface area contributed by atoms with E-state index in [1.54, 1.807) is 0 Å². The number of carbonyl (C=O) groups excluding carboxylic acids is 2. The average molecular weight is 341 g/mol. The molecule has 11 heteroatoms. The van der Waals surface area contributed by atoms with Gasteiger partial charge in [0.2, 0.25) is 5.91 Å². The second-order valence-electron chi connectivity index (χ2n) is 5.18. The molecule has 3 rings (SSSR count). The number of aliphatic hydroxyl groups excluding tert-OH is 1. The van der Waals surface area contributed by atoms with Gasteiger partial charge in [0.1, 0.15) is 6.61 Å². The number of nitrogens with zero attached hydrogens (tertiary/aromatic N) is 3. The van der Waals surface area contributed by atoms with Crippen molar-refractivity contribution < 1.29 is 28.2 Å². The van der Waals surface area contributed by atoms with Crippen molar-refractivity contribution in [3.05, 3.63) is 24.2 Å². The number of imide groups is 1. The number of alkyl halides is 2. The number of halogens is 2. The van der Waals surface area contributed by atoms with E-state index in [1.807, 2.05) is 0 Å². The van der Waals surface area contributed by atoms with Gasteiger partial charge in [0, 0.05) is 25.0 Å². The third-order valence-corrected chi connectivity index (χ3v) is 3.39. The summed E-state index contributed by atoms with van der Waals surface area (Å²) in [6.45, 7) is -2.39. The van der Waals surface area contributed by atoms with Crippen LogP contribution in [0.3, 0.4) is 0 Å². The van der Waals surface area contributed by atoms with E-state index in [0.29, 0.717) is 0 Å².